The van der Waals surface area contributed by atoms with Crippen LogP contribution in [0.25, 0.3) is 0 Å². The molecule has 0 unspecified atom stereocenters. The second-order valence-corrected chi connectivity index (χ2v) is 1.94. The Kier molecular flexibility index (Phi) is 1.67. The van der Waals surface area contributed by atoms with E-state index in [1.807, 2.05) is 0 Å². The van der Waals surface area contributed by atoms with Crippen LogP contribution >= 0.6 is 0 Å². The van der Waals surface area contributed by atoms with Gasteiger partial charge in [0.25, 0.3) is 0 Å². The van der Waals surface area contributed by atoms with Gasteiger partial charge in [0.15, 0.2) is 18.3 Å². The highest BCUT2D eigenvalue weighted by atomic mass is 16.6. The monoisotopic (exact) mass is 155 g/mol. The zero-order valence-corrected chi connectivity index (χ0v) is 5.72. The summed E-state index contributed by atoms with van der Waals surface area (Å²) in [6, 6.07) is 0. The fourth-order valence-corrected chi connectivity index (χ4v) is 0.747. The molecule has 0 atom stereocenters. The van der Waals surface area contributed by atoms with Crippen LogP contribution in [0.1, 0.15) is 10.5 Å². The van der Waals surface area contributed by atoms with Gasteiger partial charge in [-0.2, -0.15) is 0 Å². The van der Waals surface area contributed by atoms with Crippen LogP contribution < -0.4 is 0 Å². The Hall–Kier alpha value is -1.72. The summed E-state index contributed by atoms with van der Waals surface area (Å²) in [7, 11) is 1.46. The van der Waals surface area contributed by atoms with Crippen LogP contribution in [0.5, 0.6) is 0 Å². The maximum Gasteiger partial charge on any atom is 0.353 e. The second-order valence-electron chi connectivity index (χ2n) is 1.94. The van der Waals surface area contributed by atoms with Gasteiger partial charge in [-0.3, -0.25) is 4.79 Å². The largest absolute Gasteiger partial charge is 0.358 e. The molecule has 11 heavy (non-hydrogen) atoms. The molecule has 0 amide bonds. The van der Waals surface area contributed by atoms with Crippen molar-refractivity contribution >= 4 is 12.1 Å². The first kappa shape index (κ1) is 7.39. The predicted molar refractivity (Wildman–Crippen MR) is 35.2 cm³/mol. The molecule has 0 saturated carbocycles. The van der Waals surface area contributed by atoms with Gasteiger partial charge in [-0.15, -0.1) is 0 Å². The highest BCUT2D eigenvalue weighted by molar-refractivity contribution is 5.77. The molecule has 58 valence electrons. The molecule has 0 radical (unpaired) electrons. The van der Waals surface area contributed by atoms with Crippen molar-refractivity contribution in [1.82, 2.24) is 9.55 Å². The van der Waals surface area contributed by atoms with Crippen molar-refractivity contribution in [3.8, 4) is 0 Å². The van der Waals surface area contributed by atoms with Crippen molar-refractivity contribution in [3.05, 3.63) is 22.1 Å². The van der Waals surface area contributed by atoms with E-state index in [0.717, 1.165) is 0 Å². The van der Waals surface area contributed by atoms with E-state index in [9.17, 15) is 14.9 Å². The molecule has 6 nitrogen and oxygen atoms in total. The number of carbonyl (C=O) groups is 1. The van der Waals surface area contributed by atoms with E-state index in [0.29, 0.717) is 6.29 Å². The van der Waals surface area contributed by atoms with Gasteiger partial charge in [-0.25, -0.2) is 9.55 Å². The van der Waals surface area contributed by atoms with Crippen molar-refractivity contribution < 1.29 is 9.72 Å². The van der Waals surface area contributed by atoms with Gasteiger partial charge < -0.3 is 10.1 Å². The Balaban J connectivity index is 3.28. The molecule has 1 rings (SSSR count). The van der Waals surface area contributed by atoms with Crippen molar-refractivity contribution in [2.24, 2.45) is 7.05 Å². The van der Waals surface area contributed by atoms with Gasteiger partial charge in [-0.1, -0.05) is 0 Å². The molecule has 1 heterocycles. The van der Waals surface area contributed by atoms with Gasteiger partial charge in [0.05, 0.1) is 7.05 Å². The molecule has 0 saturated heterocycles. The number of aldehydes is 1. The van der Waals surface area contributed by atoms with Crippen molar-refractivity contribution in [2.45, 2.75) is 0 Å². The molecule has 1 aromatic heterocycles. The lowest BCUT2D eigenvalue weighted by atomic mass is 10.5. The van der Waals surface area contributed by atoms with Gasteiger partial charge >= 0.3 is 5.82 Å². The summed E-state index contributed by atoms with van der Waals surface area (Å²) in [5, 5.41) is 10.2. The minimum atomic E-state index is -0.642. The summed E-state index contributed by atoms with van der Waals surface area (Å²) >= 11 is 0. The number of hydrogen-bond acceptors (Lipinski definition) is 4. The summed E-state index contributed by atoms with van der Waals surface area (Å²) in [5.41, 5.74) is -0.141. The number of rotatable bonds is 2. The Morgan fingerprint density at radius 3 is 2.82 bits per heavy atom. The van der Waals surface area contributed by atoms with Crippen LogP contribution in [-0.4, -0.2) is 20.8 Å². The first-order valence-electron chi connectivity index (χ1n) is 2.77. The molecular weight excluding hydrogens is 150 g/mol. The van der Waals surface area contributed by atoms with E-state index in [1.54, 1.807) is 0 Å². The smallest absolute Gasteiger partial charge is 0.353 e. The van der Waals surface area contributed by atoms with Crippen molar-refractivity contribution in [3.63, 3.8) is 0 Å². The quantitative estimate of drug-likeness (QED) is 0.345. The Labute approximate surface area is 61.6 Å². The maximum absolute atomic E-state index is 10.2. The lowest BCUT2D eigenvalue weighted by Crippen LogP contribution is -1.98. The highest BCUT2D eigenvalue weighted by Gasteiger charge is 2.17. The minimum absolute atomic E-state index is 0.141. The molecule has 0 aliphatic carbocycles. The van der Waals surface area contributed by atoms with Crippen LogP contribution in [0.4, 0.5) is 5.82 Å². The third-order valence-corrected chi connectivity index (χ3v) is 1.22. The Morgan fingerprint density at radius 1 is 1.82 bits per heavy atom. The average molecular weight is 155 g/mol. The van der Waals surface area contributed by atoms with Crippen LogP contribution in [0.15, 0.2) is 6.33 Å². The number of nitrogens with zero attached hydrogens (tertiary/aromatic N) is 3. The fourth-order valence-electron chi connectivity index (χ4n) is 0.747. The standard InChI is InChI=1S/C5H5N3O3/c1-7-3-6-4(2-9)5(7)8(10)11/h2-3H,1H3. The zero-order chi connectivity index (χ0) is 8.43. The number of carbonyl (C=O) groups excluding carboxylic acids is 1. The average Bonchev–Trinajstić information content (AvgIpc) is 2.30. The fraction of sp³-hybridized carbons (Fsp3) is 0.200. The van der Waals surface area contributed by atoms with Crippen LogP contribution in [0, 0.1) is 10.1 Å². The molecule has 0 N–H and O–H groups in total. The number of imidazole rings is 1. The van der Waals surface area contributed by atoms with Crippen LogP contribution in [0.2, 0.25) is 0 Å². The topological polar surface area (TPSA) is 78.0 Å². The zero-order valence-electron chi connectivity index (χ0n) is 5.72. The molecule has 0 aliphatic heterocycles. The summed E-state index contributed by atoms with van der Waals surface area (Å²) in [6.07, 6.45) is 1.58. The number of aromatic nitrogens is 2. The van der Waals surface area contributed by atoms with E-state index in [2.05, 4.69) is 4.98 Å². The molecule has 0 aliphatic rings. The summed E-state index contributed by atoms with van der Waals surface area (Å²) < 4.78 is 1.18. The first-order valence-corrected chi connectivity index (χ1v) is 2.77. The van der Waals surface area contributed by atoms with Crippen LogP contribution in [0.3, 0.4) is 0 Å². The van der Waals surface area contributed by atoms with E-state index < -0.39 is 4.92 Å². The molecule has 0 bridgehead atoms. The SMILES string of the molecule is Cn1cnc(C=O)c1[N+](=O)[O-]. The summed E-state index contributed by atoms with van der Waals surface area (Å²) in [5.74, 6) is -0.278. The maximum atomic E-state index is 10.2. The highest BCUT2D eigenvalue weighted by Crippen LogP contribution is 2.12. The third-order valence-electron chi connectivity index (χ3n) is 1.22. The number of nitro groups is 1. The first-order chi connectivity index (χ1) is 5.16. The normalized spacial score (nSPS) is 9.55. The molecule has 0 fully saturated rings. The van der Waals surface area contributed by atoms with Gasteiger partial charge in [-0.05, 0) is 4.92 Å². The van der Waals surface area contributed by atoms with Gasteiger partial charge in [0, 0.05) is 0 Å². The van der Waals surface area contributed by atoms with Crippen molar-refractivity contribution in [2.75, 3.05) is 0 Å². The Bertz CT molecular complexity index is 304. The Morgan fingerprint density at radius 2 is 2.45 bits per heavy atom. The third kappa shape index (κ3) is 1.09. The molecule has 1 aromatic rings. The lowest BCUT2D eigenvalue weighted by molar-refractivity contribution is -0.392. The van der Waals surface area contributed by atoms with Crippen LogP contribution in [-0.2, 0) is 7.05 Å². The van der Waals surface area contributed by atoms with Gasteiger partial charge in [0.1, 0.15) is 0 Å². The molecule has 0 aromatic carbocycles. The minimum Gasteiger partial charge on any atom is -0.358 e. The van der Waals surface area contributed by atoms with E-state index in [4.69, 9.17) is 0 Å². The lowest BCUT2D eigenvalue weighted by Gasteiger charge is -1.92. The predicted octanol–water partition coefficient (Wildman–Crippen LogP) is 0.141. The molecule has 6 heteroatoms. The second kappa shape index (κ2) is 2.49. The summed E-state index contributed by atoms with van der Waals surface area (Å²) in [4.78, 5) is 23.3. The van der Waals surface area contributed by atoms with E-state index in [-0.39, 0.29) is 11.5 Å². The number of hydrogen-bond donors (Lipinski definition) is 0. The van der Waals surface area contributed by atoms with Crippen molar-refractivity contribution in [1.29, 1.82) is 0 Å². The summed E-state index contributed by atoms with van der Waals surface area (Å²) in [6.45, 7) is 0. The number of aryl methyl sites for hydroxylation is 1. The van der Waals surface area contributed by atoms with Gasteiger partial charge in [0.2, 0.25) is 0 Å². The molecular formula is C5H5N3O3. The molecule has 0 spiro atoms. The van der Waals surface area contributed by atoms with E-state index in [1.165, 1.54) is 17.9 Å². The van der Waals surface area contributed by atoms with E-state index >= 15 is 0 Å².